The fourth-order valence-electron chi connectivity index (χ4n) is 4.63. The molecule has 1 saturated carbocycles. The van der Waals surface area contributed by atoms with E-state index in [-0.39, 0.29) is 11.8 Å². The quantitative estimate of drug-likeness (QED) is 0.890. The largest absolute Gasteiger partial charge is 0.496 e. The Morgan fingerprint density at radius 2 is 2.08 bits per heavy atom. The molecule has 0 unspecified atom stereocenters. The molecule has 0 spiro atoms. The third-order valence-electron chi connectivity index (χ3n) is 6.54. The van der Waals surface area contributed by atoms with Crippen molar-refractivity contribution in [3.8, 4) is 5.75 Å². The normalized spacial score (nSPS) is 29.2. The number of carboxylic acids is 1. The molecule has 3 aliphatic rings. The van der Waals surface area contributed by atoms with Crippen molar-refractivity contribution in [1.82, 2.24) is 4.90 Å². The first-order chi connectivity index (χ1) is 12.4. The van der Waals surface area contributed by atoms with Crippen LogP contribution in [0.4, 0.5) is 0 Å². The number of carbonyl (C=O) groups is 2. The second-order valence-corrected chi connectivity index (χ2v) is 7.94. The van der Waals surface area contributed by atoms with Crippen LogP contribution in [0.1, 0.15) is 30.4 Å². The number of hydrogen-bond donors (Lipinski definition) is 1. The molecule has 0 aromatic heterocycles. The number of carboxylic acid groups (broad SMARTS) is 1. The van der Waals surface area contributed by atoms with E-state index in [0.717, 1.165) is 29.7 Å². The minimum absolute atomic E-state index is 0.0541. The van der Waals surface area contributed by atoms with Gasteiger partial charge in [0.1, 0.15) is 5.75 Å². The number of likely N-dealkylation sites (tertiary alicyclic amines) is 1. The number of rotatable bonds is 4. The fraction of sp³-hybridized carbons (Fsp3) is 0.600. The smallest absolute Gasteiger partial charge is 0.311 e. The maximum atomic E-state index is 13.4. The first kappa shape index (κ1) is 17.3. The van der Waals surface area contributed by atoms with Crippen LogP contribution in [0.3, 0.4) is 0 Å². The summed E-state index contributed by atoms with van der Waals surface area (Å²) >= 11 is 0. The summed E-state index contributed by atoms with van der Waals surface area (Å²) in [5.41, 5.74) is 0.637. The SMILES string of the molecule is COc1cc(C2(C(=O)N3C[C@H]4COCC[C@@]4(C(=O)O)C3)CC2)ccc1C. The second kappa shape index (κ2) is 5.98. The topological polar surface area (TPSA) is 76.1 Å². The molecule has 1 aromatic rings. The minimum Gasteiger partial charge on any atom is -0.496 e. The summed E-state index contributed by atoms with van der Waals surface area (Å²) in [6, 6.07) is 5.94. The van der Waals surface area contributed by atoms with Gasteiger partial charge in [0, 0.05) is 25.6 Å². The molecule has 4 rings (SSSR count). The summed E-state index contributed by atoms with van der Waals surface area (Å²) in [6.07, 6.45) is 2.08. The lowest BCUT2D eigenvalue weighted by atomic mass is 9.74. The van der Waals surface area contributed by atoms with E-state index in [1.54, 1.807) is 12.0 Å². The number of benzene rings is 1. The predicted molar refractivity (Wildman–Crippen MR) is 94.2 cm³/mol. The van der Waals surface area contributed by atoms with Crippen molar-refractivity contribution in [2.24, 2.45) is 11.3 Å². The average Bonchev–Trinajstić information content (AvgIpc) is 3.34. The molecule has 1 N–H and O–H groups in total. The zero-order chi connectivity index (χ0) is 18.5. The lowest BCUT2D eigenvalue weighted by Gasteiger charge is -2.34. The van der Waals surface area contributed by atoms with Crippen LogP contribution < -0.4 is 4.74 Å². The van der Waals surface area contributed by atoms with E-state index < -0.39 is 16.8 Å². The van der Waals surface area contributed by atoms with Gasteiger partial charge in [0.25, 0.3) is 0 Å². The Labute approximate surface area is 153 Å². The lowest BCUT2D eigenvalue weighted by molar-refractivity contribution is -0.157. The number of hydrogen-bond acceptors (Lipinski definition) is 4. The van der Waals surface area contributed by atoms with E-state index in [4.69, 9.17) is 9.47 Å². The van der Waals surface area contributed by atoms with Gasteiger partial charge in [0.2, 0.25) is 5.91 Å². The molecular weight excluding hydrogens is 334 g/mol. The standard InChI is InChI=1S/C20H25NO5/c1-13-3-4-14(9-16(13)25-2)19(5-6-19)17(22)21-10-15-11-26-8-7-20(15,12-21)18(23)24/h3-4,9,15H,5-8,10-12H2,1-2H3,(H,23,24)/t15-,20+/m0/s1. The van der Waals surface area contributed by atoms with Crippen molar-refractivity contribution in [2.45, 2.75) is 31.6 Å². The molecule has 2 atom stereocenters. The highest BCUT2D eigenvalue weighted by molar-refractivity contribution is 5.92. The molecule has 2 saturated heterocycles. The Kier molecular flexibility index (Phi) is 3.99. The van der Waals surface area contributed by atoms with Gasteiger partial charge < -0.3 is 19.5 Å². The van der Waals surface area contributed by atoms with Gasteiger partial charge >= 0.3 is 5.97 Å². The first-order valence-electron chi connectivity index (χ1n) is 9.19. The van der Waals surface area contributed by atoms with Gasteiger partial charge in [-0.05, 0) is 43.4 Å². The zero-order valence-corrected chi connectivity index (χ0v) is 15.3. The lowest BCUT2D eigenvalue weighted by Crippen LogP contribution is -2.45. The van der Waals surface area contributed by atoms with Crippen molar-refractivity contribution in [1.29, 1.82) is 0 Å². The molecular formula is C20H25NO5. The Hall–Kier alpha value is -2.08. The van der Waals surface area contributed by atoms with Gasteiger partial charge in [-0.1, -0.05) is 12.1 Å². The Balaban J connectivity index is 1.61. The van der Waals surface area contributed by atoms with E-state index >= 15 is 0 Å². The van der Waals surface area contributed by atoms with Crippen molar-refractivity contribution in [3.05, 3.63) is 29.3 Å². The molecule has 3 fully saturated rings. The molecule has 6 heteroatoms. The summed E-state index contributed by atoms with van der Waals surface area (Å²) in [4.78, 5) is 27.1. The van der Waals surface area contributed by atoms with Crippen molar-refractivity contribution < 1.29 is 24.2 Å². The molecule has 0 bridgehead atoms. The van der Waals surface area contributed by atoms with Gasteiger partial charge in [0.15, 0.2) is 0 Å². The van der Waals surface area contributed by atoms with Crippen molar-refractivity contribution in [2.75, 3.05) is 33.4 Å². The van der Waals surface area contributed by atoms with E-state index in [9.17, 15) is 14.7 Å². The fourth-order valence-corrected chi connectivity index (χ4v) is 4.63. The number of aliphatic carboxylic acids is 1. The monoisotopic (exact) mass is 359 g/mol. The Morgan fingerprint density at radius 3 is 2.69 bits per heavy atom. The molecule has 2 aliphatic heterocycles. The number of fused-ring (bicyclic) bond motifs is 1. The number of aryl methyl sites for hydroxylation is 1. The predicted octanol–water partition coefficient (Wildman–Crippen LogP) is 1.98. The van der Waals surface area contributed by atoms with Crippen LogP contribution in [-0.4, -0.2) is 55.3 Å². The summed E-state index contributed by atoms with van der Waals surface area (Å²) in [5.74, 6) is -0.0884. The third-order valence-corrected chi connectivity index (χ3v) is 6.54. The minimum atomic E-state index is -0.852. The molecule has 6 nitrogen and oxygen atoms in total. The van der Waals surface area contributed by atoms with Crippen LogP contribution in [0.25, 0.3) is 0 Å². The molecule has 1 aromatic carbocycles. The molecule has 26 heavy (non-hydrogen) atoms. The van der Waals surface area contributed by atoms with Gasteiger partial charge in [-0.25, -0.2) is 0 Å². The molecule has 1 amide bonds. The molecule has 140 valence electrons. The Bertz CT molecular complexity index is 757. The summed E-state index contributed by atoms with van der Waals surface area (Å²) in [6.45, 7) is 3.61. The highest BCUT2D eigenvalue weighted by Gasteiger charge is 2.60. The molecule has 0 radical (unpaired) electrons. The maximum absolute atomic E-state index is 13.4. The Morgan fingerprint density at radius 1 is 1.31 bits per heavy atom. The van der Waals surface area contributed by atoms with Crippen molar-refractivity contribution >= 4 is 11.9 Å². The van der Waals surface area contributed by atoms with Crippen LogP contribution in [0.15, 0.2) is 18.2 Å². The second-order valence-electron chi connectivity index (χ2n) is 7.94. The van der Waals surface area contributed by atoms with Crippen LogP contribution in [0.2, 0.25) is 0 Å². The summed E-state index contributed by atoms with van der Waals surface area (Å²) < 4.78 is 10.9. The average molecular weight is 359 g/mol. The summed E-state index contributed by atoms with van der Waals surface area (Å²) in [7, 11) is 1.63. The van der Waals surface area contributed by atoms with Gasteiger partial charge in [-0.2, -0.15) is 0 Å². The van der Waals surface area contributed by atoms with E-state index in [1.807, 2.05) is 25.1 Å². The maximum Gasteiger partial charge on any atom is 0.311 e. The van der Waals surface area contributed by atoms with E-state index in [1.165, 1.54) is 0 Å². The van der Waals surface area contributed by atoms with E-state index in [2.05, 4.69) is 0 Å². The van der Waals surface area contributed by atoms with Crippen LogP contribution >= 0.6 is 0 Å². The van der Waals surface area contributed by atoms with Crippen molar-refractivity contribution in [3.63, 3.8) is 0 Å². The zero-order valence-electron chi connectivity index (χ0n) is 15.3. The van der Waals surface area contributed by atoms with Gasteiger partial charge in [-0.15, -0.1) is 0 Å². The summed E-state index contributed by atoms with van der Waals surface area (Å²) in [5, 5.41) is 9.82. The highest BCUT2D eigenvalue weighted by Crippen LogP contribution is 2.52. The highest BCUT2D eigenvalue weighted by atomic mass is 16.5. The number of nitrogens with zero attached hydrogens (tertiary/aromatic N) is 1. The first-order valence-corrected chi connectivity index (χ1v) is 9.19. The van der Waals surface area contributed by atoms with Gasteiger partial charge in [-0.3, -0.25) is 9.59 Å². The van der Waals surface area contributed by atoms with Crippen LogP contribution in [0.5, 0.6) is 5.75 Å². The number of ether oxygens (including phenoxy) is 2. The van der Waals surface area contributed by atoms with Gasteiger partial charge in [0.05, 0.1) is 24.5 Å². The van der Waals surface area contributed by atoms with Crippen LogP contribution in [0, 0.1) is 18.3 Å². The van der Waals surface area contributed by atoms with E-state index in [0.29, 0.717) is 32.7 Å². The molecule has 1 aliphatic carbocycles. The number of amides is 1. The third kappa shape index (κ3) is 2.42. The number of methoxy groups -OCH3 is 1. The molecule has 2 heterocycles. The van der Waals surface area contributed by atoms with Crippen LogP contribution in [-0.2, 0) is 19.7 Å². The number of carbonyl (C=O) groups excluding carboxylic acids is 1.